The van der Waals surface area contributed by atoms with E-state index in [0.29, 0.717) is 0 Å². The molecular formula is C15H14N2S. The van der Waals surface area contributed by atoms with Crippen LogP contribution in [-0.2, 0) is 5.75 Å². The topological polar surface area (TPSA) is 24.7 Å². The molecule has 1 aliphatic rings. The molecule has 0 aliphatic carbocycles. The summed E-state index contributed by atoms with van der Waals surface area (Å²) in [6, 6.07) is 20.9. The summed E-state index contributed by atoms with van der Waals surface area (Å²) >= 11 is 0. The first kappa shape index (κ1) is 11.2. The molecule has 1 heterocycles. The summed E-state index contributed by atoms with van der Waals surface area (Å²) in [6.45, 7) is 0. The van der Waals surface area contributed by atoms with Crippen LogP contribution in [0.4, 0.5) is 0 Å². The van der Waals surface area contributed by atoms with Crippen LogP contribution >= 0.6 is 10.9 Å². The van der Waals surface area contributed by atoms with Crippen molar-refractivity contribution >= 4 is 21.5 Å². The second-order valence-electron chi connectivity index (χ2n) is 4.13. The first-order valence-electron chi connectivity index (χ1n) is 5.90. The molecule has 0 bridgehead atoms. The minimum atomic E-state index is -0.403. The Morgan fingerprint density at radius 1 is 0.833 bits per heavy atom. The third kappa shape index (κ3) is 2.36. The first-order valence-corrected chi connectivity index (χ1v) is 7.50. The third-order valence-electron chi connectivity index (χ3n) is 2.84. The lowest BCUT2D eigenvalue weighted by Gasteiger charge is -2.14. The highest BCUT2D eigenvalue weighted by Crippen LogP contribution is 2.35. The van der Waals surface area contributed by atoms with Gasteiger partial charge in [-0.3, -0.25) is 0 Å². The fourth-order valence-electron chi connectivity index (χ4n) is 1.96. The van der Waals surface area contributed by atoms with Crippen LogP contribution in [0.15, 0.2) is 70.9 Å². The van der Waals surface area contributed by atoms with Gasteiger partial charge in [0.2, 0.25) is 0 Å². The molecule has 2 aromatic rings. The molecule has 1 atom stereocenters. The predicted octanol–water partition coefficient (Wildman–Crippen LogP) is 3.59. The average Bonchev–Trinajstić information content (AvgIpc) is 2.89. The van der Waals surface area contributed by atoms with Crippen molar-refractivity contribution in [3.05, 3.63) is 71.8 Å². The molecule has 0 fully saturated rings. The van der Waals surface area contributed by atoms with Gasteiger partial charge in [0.05, 0.1) is 5.55 Å². The summed E-state index contributed by atoms with van der Waals surface area (Å²) in [5, 5.41) is 9.54. The normalized spacial score (nSPS) is 19.8. The van der Waals surface area contributed by atoms with Crippen molar-refractivity contribution in [2.45, 2.75) is 5.75 Å². The lowest BCUT2D eigenvalue weighted by atomic mass is 10.2. The SMILES string of the molecule is C1=NN=C(c2ccccc2)[SH]1Cc1ccccc1. The summed E-state index contributed by atoms with van der Waals surface area (Å²) in [7, 11) is -0.403. The fraction of sp³-hybridized carbons (Fsp3) is 0.0667. The van der Waals surface area contributed by atoms with Crippen molar-refractivity contribution in [3.8, 4) is 0 Å². The van der Waals surface area contributed by atoms with Gasteiger partial charge in [-0.15, -0.1) is 5.10 Å². The first-order chi connectivity index (χ1) is 8.93. The maximum absolute atomic E-state index is 4.30. The maximum Gasteiger partial charge on any atom is 0.112 e. The Hall–Kier alpha value is -1.87. The molecule has 0 amide bonds. The molecule has 3 heteroatoms. The summed E-state index contributed by atoms with van der Waals surface area (Å²) in [5.74, 6) is 1.02. The van der Waals surface area contributed by atoms with Crippen LogP contribution in [0.5, 0.6) is 0 Å². The summed E-state index contributed by atoms with van der Waals surface area (Å²) in [5.41, 5.74) is 4.54. The molecule has 90 valence electrons. The zero-order valence-electron chi connectivity index (χ0n) is 9.90. The lowest BCUT2D eigenvalue weighted by Crippen LogP contribution is -2.01. The van der Waals surface area contributed by atoms with E-state index in [2.05, 4.69) is 46.6 Å². The zero-order valence-corrected chi connectivity index (χ0v) is 10.8. The predicted molar refractivity (Wildman–Crippen MR) is 80.6 cm³/mol. The standard InChI is InChI=1S/C15H14N2S/c1-3-7-13(8-4-1)11-18-12-16-17-15(18)14-9-5-2-6-10-14/h1-10,12,18H,11H2. The van der Waals surface area contributed by atoms with Gasteiger partial charge in [0.15, 0.2) is 0 Å². The average molecular weight is 254 g/mol. The molecule has 3 rings (SSSR count). The van der Waals surface area contributed by atoms with Gasteiger partial charge in [0.1, 0.15) is 5.04 Å². The third-order valence-corrected chi connectivity index (χ3v) is 4.82. The number of hydrogen-bond acceptors (Lipinski definition) is 2. The van der Waals surface area contributed by atoms with E-state index in [9.17, 15) is 0 Å². The minimum Gasteiger partial charge on any atom is -0.165 e. The van der Waals surface area contributed by atoms with Crippen LogP contribution < -0.4 is 0 Å². The van der Waals surface area contributed by atoms with Gasteiger partial charge < -0.3 is 0 Å². The van der Waals surface area contributed by atoms with Crippen molar-refractivity contribution in [1.82, 2.24) is 0 Å². The Kier molecular flexibility index (Phi) is 3.24. The Balaban J connectivity index is 1.82. The van der Waals surface area contributed by atoms with E-state index in [0.717, 1.165) is 10.8 Å². The quantitative estimate of drug-likeness (QED) is 0.810. The van der Waals surface area contributed by atoms with E-state index in [4.69, 9.17) is 0 Å². The smallest absolute Gasteiger partial charge is 0.112 e. The fourth-order valence-corrected chi connectivity index (χ4v) is 3.73. The minimum absolute atomic E-state index is 0.403. The van der Waals surface area contributed by atoms with Crippen molar-refractivity contribution in [2.75, 3.05) is 0 Å². The van der Waals surface area contributed by atoms with Crippen LogP contribution in [0.25, 0.3) is 0 Å². The van der Waals surface area contributed by atoms with E-state index in [-0.39, 0.29) is 0 Å². The highest BCUT2D eigenvalue weighted by atomic mass is 32.2. The van der Waals surface area contributed by atoms with E-state index in [1.807, 2.05) is 29.8 Å². The molecule has 1 aliphatic heterocycles. The molecular weight excluding hydrogens is 240 g/mol. The number of nitrogens with zero attached hydrogens (tertiary/aromatic N) is 2. The van der Waals surface area contributed by atoms with Crippen molar-refractivity contribution in [1.29, 1.82) is 0 Å². The second kappa shape index (κ2) is 5.19. The van der Waals surface area contributed by atoms with Crippen molar-refractivity contribution in [3.63, 3.8) is 0 Å². The van der Waals surface area contributed by atoms with E-state index >= 15 is 0 Å². The Bertz CT molecular complexity index is 576. The molecule has 0 saturated carbocycles. The largest absolute Gasteiger partial charge is 0.165 e. The van der Waals surface area contributed by atoms with Gasteiger partial charge in [-0.1, -0.05) is 60.7 Å². The van der Waals surface area contributed by atoms with Crippen LogP contribution in [0.3, 0.4) is 0 Å². The van der Waals surface area contributed by atoms with E-state index in [1.165, 1.54) is 11.1 Å². The van der Waals surface area contributed by atoms with Gasteiger partial charge in [-0.25, -0.2) is 0 Å². The molecule has 0 aromatic heterocycles. The van der Waals surface area contributed by atoms with E-state index < -0.39 is 10.9 Å². The van der Waals surface area contributed by atoms with Crippen LogP contribution in [-0.4, -0.2) is 10.6 Å². The van der Waals surface area contributed by atoms with Crippen molar-refractivity contribution in [2.24, 2.45) is 10.2 Å². The van der Waals surface area contributed by atoms with Crippen LogP contribution in [0, 0.1) is 0 Å². The van der Waals surface area contributed by atoms with Crippen LogP contribution in [0.2, 0.25) is 0 Å². The Morgan fingerprint density at radius 3 is 2.22 bits per heavy atom. The van der Waals surface area contributed by atoms with Gasteiger partial charge >= 0.3 is 0 Å². The molecule has 18 heavy (non-hydrogen) atoms. The highest BCUT2D eigenvalue weighted by Gasteiger charge is 2.16. The summed E-state index contributed by atoms with van der Waals surface area (Å²) in [4.78, 5) is 0. The van der Waals surface area contributed by atoms with Gasteiger partial charge in [-0.2, -0.15) is 16.0 Å². The molecule has 0 radical (unpaired) electrons. The number of rotatable bonds is 3. The molecule has 2 nitrogen and oxygen atoms in total. The highest BCUT2D eigenvalue weighted by molar-refractivity contribution is 8.40. The summed E-state index contributed by atoms with van der Waals surface area (Å²) in [6.07, 6.45) is 0. The molecule has 0 N–H and O–H groups in total. The molecule has 0 saturated heterocycles. The number of benzene rings is 2. The van der Waals surface area contributed by atoms with Crippen molar-refractivity contribution < 1.29 is 0 Å². The number of thiol groups is 1. The Morgan fingerprint density at radius 2 is 1.50 bits per heavy atom. The molecule has 2 aromatic carbocycles. The number of hydrogen-bond donors (Lipinski definition) is 1. The molecule has 1 unspecified atom stereocenters. The van der Waals surface area contributed by atoms with Crippen LogP contribution in [0.1, 0.15) is 11.1 Å². The zero-order chi connectivity index (χ0) is 12.2. The molecule has 0 spiro atoms. The summed E-state index contributed by atoms with van der Waals surface area (Å²) < 4.78 is 0. The Labute approximate surface area is 109 Å². The monoisotopic (exact) mass is 254 g/mol. The van der Waals surface area contributed by atoms with E-state index in [1.54, 1.807) is 0 Å². The maximum atomic E-state index is 4.30. The second-order valence-corrected chi connectivity index (χ2v) is 6.04. The van der Waals surface area contributed by atoms with Gasteiger partial charge in [-0.05, 0) is 5.56 Å². The van der Waals surface area contributed by atoms with Gasteiger partial charge in [0, 0.05) is 11.3 Å². The van der Waals surface area contributed by atoms with Gasteiger partial charge in [0.25, 0.3) is 0 Å². The lowest BCUT2D eigenvalue weighted by molar-refractivity contribution is 1.28.